The van der Waals surface area contributed by atoms with E-state index in [4.69, 9.17) is 5.73 Å². The van der Waals surface area contributed by atoms with Crippen LogP contribution in [0.1, 0.15) is 16.7 Å². The Kier molecular flexibility index (Phi) is 3.29. The summed E-state index contributed by atoms with van der Waals surface area (Å²) < 4.78 is 14.6. The van der Waals surface area contributed by atoms with E-state index >= 15 is 0 Å². The van der Waals surface area contributed by atoms with Crippen LogP contribution in [0.4, 0.5) is 10.1 Å². The number of benzene rings is 2. The second-order valence-corrected chi connectivity index (χ2v) is 5.78. The third kappa shape index (κ3) is 2.51. The summed E-state index contributed by atoms with van der Waals surface area (Å²) in [4.78, 5) is 2.20. The maximum atomic E-state index is 13.8. The zero-order valence-electron chi connectivity index (χ0n) is 10.4. The van der Waals surface area contributed by atoms with Crippen LogP contribution in [-0.4, -0.2) is 4.90 Å². The summed E-state index contributed by atoms with van der Waals surface area (Å²) in [5.74, 6) is -0.168. The van der Waals surface area contributed by atoms with E-state index in [1.165, 1.54) is 17.2 Å². The molecule has 4 heteroatoms. The van der Waals surface area contributed by atoms with Crippen molar-refractivity contribution < 1.29 is 4.39 Å². The highest BCUT2D eigenvalue weighted by atomic mass is 79.9. The van der Waals surface area contributed by atoms with Crippen molar-refractivity contribution in [3.8, 4) is 0 Å². The van der Waals surface area contributed by atoms with E-state index < -0.39 is 0 Å². The molecule has 0 spiro atoms. The molecule has 0 amide bonds. The first-order valence-corrected chi connectivity index (χ1v) is 6.95. The average molecular weight is 321 g/mol. The van der Waals surface area contributed by atoms with Crippen molar-refractivity contribution in [2.24, 2.45) is 0 Å². The van der Waals surface area contributed by atoms with E-state index in [1.54, 1.807) is 0 Å². The molecule has 0 saturated carbocycles. The molecule has 0 saturated heterocycles. The molecule has 2 N–H and O–H groups in total. The van der Waals surface area contributed by atoms with E-state index in [0.717, 1.165) is 28.8 Å². The Morgan fingerprint density at radius 3 is 2.79 bits per heavy atom. The molecular formula is C15H14BrFN2. The van der Waals surface area contributed by atoms with Crippen LogP contribution in [0.5, 0.6) is 0 Å². The van der Waals surface area contributed by atoms with Gasteiger partial charge in [0.05, 0.1) is 0 Å². The van der Waals surface area contributed by atoms with Gasteiger partial charge in [-0.25, -0.2) is 4.39 Å². The minimum Gasteiger partial charge on any atom is -0.398 e. The third-order valence-electron chi connectivity index (χ3n) is 3.49. The number of hydrogen-bond acceptors (Lipinski definition) is 2. The zero-order chi connectivity index (χ0) is 13.4. The predicted molar refractivity (Wildman–Crippen MR) is 77.9 cm³/mol. The SMILES string of the molecule is Nc1cccc2c1CN(Cc1ccc(Br)cc1F)C2. The van der Waals surface area contributed by atoms with Gasteiger partial charge in [-0.05, 0) is 29.3 Å². The Labute approximate surface area is 120 Å². The fourth-order valence-electron chi connectivity index (χ4n) is 2.52. The molecule has 0 fully saturated rings. The monoisotopic (exact) mass is 320 g/mol. The highest BCUT2D eigenvalue weighted by Gasteiger charge is 2.21. The molecule has 0 radical (unpaired) electrons. The molecule has 19 heavy (non-hydrogen) atoms. The van der Waals surface area contributed by atoms with Crippen molar-refractivity contribution in [3.63, 3.8) is 0 Å². The fraction of sp³-hybridized carbons (Fsp3) is 0.200. The summed E-state index contributed by atoms with van der Waals surface area (Å²) in [5.41, 5.74) is 9.95. The highest BCUT2D eigenvalue weighted by molar-refractivity contribution is 9.10. The Morgan fingerprint density at radius 1 is 1.21 bits per heavy atom. The summed E-state index contributed by atoms with van der Waals surface area (Å²) >= 11 is 3.27. The van der Waals surface area contributed by atoms with Gasteiger partial charge in [-0.1, -0.05) is 34.1 Å². The quantitative estimate of drug-likeness (QED) is 0.855. The van der Waals surface area contributed by atoms with E-state index in [9.17, 15) is 4.39 Å². The molecule has 2 aromatic rings. The van der Waals surface area contributed by atoms with Crippen LogP contribution in [0.15, 0.2) is 40.9 Å². The maximum absolute atomic E-state index is 13.8. The lowest BCUT2D eigenvalue weighted by Gasteiger charge is -2.15. The fourth-order valence-corrected chi connectivity index (χ4v) is 2.85. The molecule has 1 heterocycles. The first-order chi connectivity index (χ1) is 9.13. The van der Waals surface area contributed by atoms with Gasteiger partial charge in [0.2, 0.25) is 0 Å². The highest BCUT2D eigenvalue weighted by Crippen LogP contribution is 2.29. The van der Waals surface area contributed by atoms with E-state index in [-0.39, 0.29) is 5.82 Å². The average Bonchev–Trinajstić information content (AvgIpc) is 2.77. The number of hydrogen-bond donors (Lipinski definition) is 1. The summed E-state index contributed by atoms with van der Waals surface area (Å²) in [6.07, 6.45) is 0. The van der Waals surface area contributed by atoms with Gasteiger partial charge in [0.1, 0.15) is 5.82 Å². The number of nitrogens with zero attached hydrogens (tertiary/aromatic N) is 1. The van der Waals surface area contributed by atoms with Crippen molar-refractivity contribution in [3.05, 3.63) is 63.4 Å². The van der Waals surface area contributed by atoms with Crippen molar-refractivity contribution in [2.45, 2.75) is 19.6 Å². The van der Waals surface area contributed by atoms with Crippen molar-refractivity contribution in [2.75, 3.05) is 5.73 Å². The van der Waals surface area contributed by atoms with Crippen molar-refractivity contribution >= 4 is 21.6 Å². The van der Waals surface area contributed by atoms with Crippen LogP contribution in [0.3, 0.4) is 0 Å². The minimum absolute atomic E-state index is 0.168. The molecule has 0 aliphatic carbocycles. The van der Waals surface area contributed by atoms with Gasteiger partial charge in [0.25, 0.3) is 0 Å². The van der Waals surface area contributed by atoms with Crippen LogP contribution >= 0.6 is 15.9 Å². The van der Waals surface area contributed by atoms with E-state index in [2.05, 4.69) is 26.9 Å². The molecule has 1 aliphatic heterocycles. The molecule has 0 atom stereocenters. The Morgan fingerprint density at radius 2 is 2.05 bits per heavy atom. The van der Waals surface area contributed by atoms with Gasteiger partial charge in [0.15, 0.2) is 0 Å². The number of rotatable bonds is 2. The van der Waals surface area contributed by atoms with Crippen LogP contribution in [0.25, 0.3) is 0 Å². The smallest absolute Gasteiger partial charge is 0.128 e. The van der Waals surface area contributed by atoms with Gasteiger partial charge in [-0.15, -0.1) is 0 Å². The van der Waals surface area contributed by atoms with Gasteiger partial charge in [-0.3, -0.25) is 4.90 Å². The molecule has 2 aromatic carbocycles. The zero-order valence-corrected chi connectivity index (χ0v) is 12.0. The Balaban J connectivity index is 1.79. The summed E-state index contributed by atoms with van der Waals surface area (Å²) in [6, 6.07) is 11.2. The molecule has 98 valence electrons. The lowest BCUT2D eigenvalue weighted by molar-refractivity contribution is 0.271. The number of nitrogen functional groups attached to an aromatic ring is 1. The van der Waals surface area contributed by atoms with Gasteiger partial charge < -0.3 is 5.73 Å². The first kappa shape index (κ1) is 12.6. The standard InChI is InChI=1S/C15H14BrFN2/c16-12-5-4-11(14(17)6-12)8-19-7-10-2-1-3-15(18)13(10)9-19/h1-6H,7-9,18H2. The summed E-state index contributed by atoms with van der Waals surface area (Å²) in [6.45, 7) is 2.22. The molecule has 0 bridgehead atoms. The normalized spacial score (nSPS) is 14.6. The number of nitrogens with two attached hydrogens (primary N) is 1. The minimum atomic E-state index is -0.168. The first-order valence-electron chi connectivity index (χ1n) is 6.16. The van der Waals surface area contributed by atoms with Crippen molar-refractivity contribution in [1.29, 1.82) is 0 Å². The van der Waals surface area contributed by atoms with Gasteiger partial charge in [0, 0.05) is 35.4 Å². The Bertz CT molecular complexity index is 628. The van der Waals surface area contributed by atoms with Gasteiger partial charge >= 0.3 is 0 Å². The summed E-state index contributed by atoms with van der Waals surface area (Å²) in [5, 5.41) is 0. The molecule has 0 unspecified atom stereocenters. The molecule has 0 aromatic heterocycles. The maximum Gasteiger partial charge on any atom is 0.128 e. The van der Waals surface area contributed by atoms with Crippen LogP contribution in [0, 0.1) is 5.82 Å². The van der Waals surface area contributed by atoms with E-state index in [0.29, 0.717) is 6.54 Å². The second kappa shape index (κ2) is 4.94. The topological polar surface area (TPSA) is 29.3 Å². The van der Waals surface area contributed by atoms with Gasteiger partial charge in [-0.2, -0.15) is 0 Å². The van der Waals surface area contributed by atoms with Crippen LogP contribution in [0.2, 0.25) is 0 Å². The Hall–Kier alpha value is -1.39. The lowest BCUT2D eigenvalue weighted by atomic mass is 10.1. The number of fused-ring (bicyclic) bond motifs is 1. The van der Waals surface area contributed by atoms with E-state index in [1.807, 2.05) is 24.3 Å². The summed E-state index contributed by atoms with van der Waals surface area (Å²) in [7, 11) is 0. The molecule has 2 nitrogen and oxygen atoms in total. The second-order valence-electron chi connectivity index (χ2n) is 4.87. The number of anilines is 1. The predicted octanol–water partition coefficient (Wildman–Crippen LogP) is 3.69. The third-order valence-corrected chi connectivity index (χ3v) is 3.99. The lowest BCUT2D eigenvalue weighted by Crippen LogP contribution is -2.16. The van der Waals surface area contributed by atoms with Crippen molar-refractivity contribution in [1.82, 2.24) is 4.90 Å². The number of halogens is 2. The largest absolute Gasteiger partial charge is 0.398 e. The van der Waals surface area contributed by atoms with Crippen LogP contribution < -0.4 is 5.73 Å². The molecule has 1 aliphatic rings. The molecule has 3 rings (SSSR count). The van der Waals surface area contributed by atoms with Crippen LogP contribution in [-0.2, 0) is 19.6 Å². The molecular weight excluding hydrogens is 307 g/mol.